The molecule has 0 aromatic carbocycles. The highest BCUT2D eigenvalue weighted by molar-refractivity contribution is 8.02. The molecule has 0 radical (unpaired) electrons. The molecule has 0 aliphatic carbocycles. The molecule has 1 unspecified atom stereocenters. The van der Waals surface area contributed by atoms with Gasteiger partial charge in [-0.25, -0.2) is 0 Å². The standard InChI is InChI=1S/C7H10N2O2S/c1-5(7(8)11)9-2-3-12-4-6(9)10/h2-3,5H,4H2,1H3,(H2,8,11). The van der Waals surface area contributed by atoms with Gasteiger partial charge in [0.2, 0.25) is 11.8 Å². The zero-order valence-electron chi connectivity index (χ0n) is 6.69. The predicted octanol–water partition coefficient (Wildman–Crippen LogP) is -0.0932. The van der Waals surface area contributed by atoms with Crippen LogP contribution in [-0.4, -0.2) is 28.5 Å². The lowest BCUT2D eigenvalue weighted by Crippen LogP contribution is -2.44. The number of amides is 2. The summed E-state index contributed by atoms with van der Waals surface area (Å²) >= 11 is 1.41. The molecule has 0 fully saturated rings. The minimum absolute atomic E-state index is 0.0752. The first kappa shape index (κ1) is 9.12. The van der Waals surface area contributed by atoms with Crippen LogP contribution >= 0.6 is 11.8 Å². The molecule has 0 aromatic heterocycles. The average Bonchev–Trinajstić information content (AvgIpc) is 2.04. The highest BCUT2D eigenvalue weighted by Gasteiger charge is 2.23. The number of primary amides is 1. The second-order valence-electron chi connectivity index (χ2n) is 2.48. The molecule has 2 amide bonds. The lowest BCUT2D eigenvalue weighted by Gasteiger charge is -2.25. The first-order valence-electron chi connectivity index (χ1n) is 3.51. The number of nitrogens with zero attached hydrogens (tertiary/aromatic N) is 1. The van der Waals surface area contributed by atoms with Gasteiger partial charge in [0.1, 0.15) is 6.04 Å². The van der Waals surface area contributed by atoms with Crippen molar-refractivity contribution in [3.63, 3.8) is 0 Å². The predicted molar refractivity (Wildman–Crippen MR) is 47.1 cm³/mol. The van der Waals surface area contributed by atoms with Crippen molar-refractivity contribution in [1.29, 1.82) is 0 Å². The highest BCUT2D eigenvalue weighted by Crippen LogP contribution is 2.14. The van der Waals surface area contributed by atoms with Crippen molar-refractivity contribution in [1.82, 2.24) is 4.90 Å². The molecule has 4 nitrogen and oxygen atoms in total. The van der Waals surface area contributed by atoms with Crippen LogP contribution in [0.15, 0.2) is 11.6 Å². The number of carbonyl (C=O) groups excluding carboxylic acids is 2. The monoisotopic (exact) mass is 186 g/mol. The van der Waals surface area contributed by atoms with Gasteiger partial charge in [0.05, 0.1) is 5.75 Å². The summed E-state index contributed by atoms with van der Waals surface area (Å²) in [5.41, 5.74) is 5.06. The Balaban J connectivity index is 2.72. The van der Waals surface area contributed by atoms with Crippen molar-refractivity contribution in [3.8, 4) is 0 Å². The van der Waals surface area contributed by atoms with Crippen LogP contribution in [0.2, 0.25) is 0 Å². The third-order valence-electron chi connectivity index (χ3n) is 1.64. The van der Waals surface area contributed by atoms with Gasteiger partial charge in [0.25, 0.3) is 0 Å². The number of nitrogens with two attached hydrogens (primary N) is 1. The van der Waals surface area contributed by atoms with Crippen molar-refractivity contribution >= 4 is 23.6 Å². The minimum Gasteiger partial charge on any atom is -0.368 e. The molecule has 1 aliphatic heterocycles. The summed E-state index contributed by atoms with van der Waals surface area (Å²) in [6.45, 7) is 1.61. The van der Waals surface area contributed by atoms with Crippen LogP contribution in [0.5, 0.6) is 0 Å². The molecule has 0 saturated carbocycles. The van der Waals surface area contributed by atoms with Gasteiger partial charge in [0.15, 0.2) is 0 Å². The van der Waals surface area contributed by atoms with Crippen LogP contribution in [0, 0.1) is 0 Å². The first-order valence-corrected chi connectivity index (χ1v) is 4.56. The van der Waals surface area contributed by atoms with Crippen LogP contribution in [0.25, 0.3) is 0 Å². The number of hydrogen-bond donors (Lipinski definition) is 1. The number of thioether (sulfide) groups is 1. The SMILES string of the molecule is CC(C(N)=O)N1C=CSCC1=O. The van der Waals surface area contributed by atoms with E-state index in [9.17, 15) is 9.59 Å². The zero-order valence-corrected chi connectivity index (χ0v) is 7.50. The summed E-state index contributed by atoms with van der Waals surface area (Å²) in [4.78, 5) is 23.3. The van der Waals surface area contributed by atoms with E-state index in [0.717, 1.165) is 0 Å². The maximum atomic E-state index is 11.2. The molecule has 12 heavy (non-hydrogen) atoms. The first-order chi connectivity index (χ1) is 5.63. The van der Waals surface area contributed by atoms with Crippen LogP contribution in [0.4, 0.5) is 0 Å². The van der Waals surface area contributed by atoms with Gasteiger partial charge in [-0.3, -0.25) is 9.59 Å². The summed E-state index contributed by atoms with van der Waals surface area (Å²) in [5, 5.41) is 1.78. The molecule has 66 valence electrons. The minimum atomic E-state index is -0.547. The van der Waals surface area contributed by atoms with E-state index in [1.807, 2.05) is 0 Å². The van der Waals surface area contributed by atoms with Crippen molar-refractivity contribution in [3.05, 3.63) is 11.6 Å². The number of rotatable bonds is 2. The van der Waals surface area contributed by atoms with E-state index in [1.54, 1.807) is 18.5 Å². The maximum Gasteiger partial charge on any atom is 0.240 e. The van der Waals surface area contributed by atoms with E-state index in [0.29, 0.717) is 5.75 Å². The number of hydrogen-bond acceptors (Lipinski definition) is 3. The third-order valence-corrected chi connectivity index (χ3v) is 2.37. The molecule has 2 N–H and O–H groups in total. The normalized spacial score (nSPS) is 19.4. The van der Waals surface area contributed by atoms with Gasteiger partial charge in [-0.2, -0.15) is 0 Å². The highest BCUT2D eigenvalue weighted by atomic mass is 32.2. The lowest BCUT2D eigenvalue weighted by molar-refractivity contribution is -0.133. The van der Waals surface area contributed by atoms with E-state index in [2.05, 4.69) is 0 Å². The summed E-state index contributed by atoms with van der Waals surface area (Å²) in [6, 6.07) is -0.547. The fraction of sp³-hybridized carbons (Fsp3) is 0.429. The van der Waals surface area contributed by atoms with Gasteiger partial charge >= 0.3 is 0 Å². The molecule has 0 saturated heterocycles. The fourth-order valence-electron chi connectivity index (χ4n) is 0.868. The van der Waals surface area contributed by atoms with Crippen molar-refractivity contribution < 1.29 is 9.59 Å². The Kier molecular flexibility index (Phi) is 2.75. The molecule has 0 bridgehead atoms. The second-order valence-corrected chi connectivity index (χ2v) is 3.37. The van der Waals surface area contributed by atoms with Gasteiger partial charge < -0.3 is 10.6 Å². The molecule has 0 aromatic rings. The van der Waals surface area contributed by atoms with E-state index >= 15 is 0 Å². The largest absolute Gasteiger partial charge is 0.368 e. The van der Waals surface area contributed by atoms with Crippen LogP contribution < -0.4 is 5.73 Å². The van der Waals surface area contributed by atoms with Crippen molar-refractivity contribution in [2.75, 3.05) is 5.75 Å². The van der Waals surface area contributed by atoms with Crippen molar-refractivity contribution in [2.45, 2.75) is 13.0 Å². The van der Waals surface area contributed by atoms with Gasteiger partial charge in [-0.15, -0.1) is 11.8 Å². The van der Waals surface area contributed by atoms with E-state index in [-0.39, 0.29) is 5.91 Å². The Morgan fingerprint density at radius 1 is 1.83 bits per heavy atom. The number of carbonyl (C=O) groups is 2. The Labute approximate surface area is 74.8 Å². The summed E-state index contributed by atoms with van der Waals surface area (Å²) in [7, 11) is 0. The van der Waals surface area contributed by atoms with Gasteiger partial charge in [0, 0.05) is 6.20 Å². The van der Waals surface area contributed by atoms with Crippen LogP contribution in [0.1, 0.15) is 6.92 Å². The molecule has 1 atom stereocenters. The quantitative estimate of drug-likeness (QED) is 0.655. The van der Waals surface area contributed by atoms with E-state index in [4.69, 9.17) is 5.73 Å². The zero-order chi connectivity index (χ0) is 9.14. The second kappa shape index (κ2) is 3.62. The summed E-state index contributed by atoms with van der Waals surface area (Å²) in [6.07, 6.45) is 1.59. The molecular formula is C7H10N2O2S. The fourth-order valence-corrected chi connectivity index (χ4v) is 1.47. The lowest BCUT2D eigenvalue weighted by atomic mass is 10.3. The Hall–Kier alpha value is -0.970. The smallest absolute Gasteiger partial charge is 0.240 e. The molecule has 1 aliphatic rings. The Bertz CT molecular complexity index is 240. The average molecular weight is 186 g/mol. The van der Waals surface area contributed by atoms with Gasteiger partial charge in [-0.05, 0) is 12.3 Å². The molecule has 0 spiro atoms. The third kappa shape index (κ3) is 1.79. The summed E-state index contributed by atoms with van der Waals surface area (Å²) in [5.74, 6) is -0.178. The Morgan fingerprint density at radius 3 is 3.00 bits per heavy atom. The molecule has 5 heteroatoms. The maximum absolute atomic E-state index is 11.2. The Morgan fingerprint density at radius 2 is 2.50 bits per heavy atom. The summed E-state index contributed by atoms with van der Waals surface area (Å²) < 4.78 is 0. The molecular weight excluding hydrogens is 176 g/mol. The molecule has 1 heterocycles. The van der Waals surface area contributed by atoms with Crippen molar-refractivity contribution in [2.24, 2.45) is 5.73 Å². The topological polar surface area (TPSA) is 63.4 Å². The van der Waals surface area contributed by atoms with Gasteiger partial charge in [-0.1, -0.05) is 0 Å². The van der Waals surface area contributed by atoms with Crippen LogP contribution in [0.3, 0.4) is 0 Å². The molecule has 1 rings (SSSR count). The van der Waals surface area contributed by atoms with E-state index in [1.165, 1.54) is 16.7 Å². The van der Waals surface area contributed by atoms with Crippen LogP contribution in [-0.2, 0) is 9.59 Å². The van der Waals surface area contributed by atoms with E-state index < -0.39 is 11.9 Å².